The van der Waals surface area contributed by atoms with Gasteiger partial charge in [0.25, 0.3) is 0 Å². The zero-order chi connectivity index (χ0) is 25.0. The fourth-order valence-electron chi connectivity index (χ4n) is 3.81. The Bertz CT molecular complexity index is 651. The van der Waals surface area contributed by atoms with Gasteiger partial charge in [-0.05, 0) is 20.8 Å². The van der Waals surface area contributed by atoms with Crippen LogP contribution in [0.25, 0.3) is 0 Å². The van der Waals surface area contributed by atoms with E-state index in [0.29, 0.717) is 0 Å². The lowest BCUT2D eigenvalue weighted by Crippen LogP contribution is -2.60. The average molecular weight is 481 g/mol. The number of carbonyl (C=O) groups excluding carboxylic acids is 2. The molecule has 0 aromatic heterocycles. The summed E-state index contributed by atoms with van der Waals surface area (Å²) in [5, 5.41) is 63.2. The minimum atomic E-state index is -1.71. The zero-order valence-corrected chi connectivity index (χ0v) is 18.9. The number of aliphatic hydroxyl groups excluding tert-OH is 6. The van der Waals surface area contributed by atoms with Crippen LogP contribution in [0.15, 0.2) is 0 Å². The van der Waals surface area contributed by atoms with Crippen molar-refractivity contribution in [1.82, 2.24) is 5.32 Å². The molecule has 2 heterocycles. The van der Waals surface area contributed by atoms with Crippen molar-refractivity contribution in [1.29, 1.82) is 0 Å². The highest BCUT2D eigenvalue weighted by atomic mass is 16.7. The SMILES string of the molecule is CC(=O)N[C@H]1C[C@H](O[C@@H]([C@H](O)[C@@H](C)O)[C@H](C=O)O[C@@H]2O[C@H](C)[C@@H](O)[C@H](O)[C@H]2O)O[C@H](C)[C@H]1O. The smallest absolute Gasteiger partial charge is 0.217 e. The first kappa shape index (κ1) is 28.0. The molecule has 192 valence electrons. The highest BCUT2D eigenvalue weighted by Gasteiger charge is 2.46. The molecule has 0 aromatic carbocycles. The number of hydrogen-bond donors (Lipinski definition) is 7. The van der Waals surface area contributed by atoms with E-state index < -0.39 is 79.7 Å². The topological polar surface area (TPSA) is 204 Å². The Hall–Kier alpha value is -1.26. The largest absolute Gasteiger partial charge is 0.391 e. The van der Waals surface area contributed by atoms with Gasteiger partial charge in [-0.15, -0.1) is 0 Å². The van der Waals surface area contributed by atoms with Crippen LogP contribution in [-0.4, -0.2) is 122 Å². The second-order valence-electron chi connectivity index (χ2n) is 8.55. The van der Waals surface area contributed by atoms with Crippen molar-refractivity contribution >= 4 is 12.2 Å². The van der Waals surface area contributed by atoms with E-state index in [1.54, 1.807) is 6.92 Å². The van der Waals surface area contributed by atoms with Crippen LogP contribution in [0.5, 0.6) is 0 Å². The van der Waals surface area contributed by atoms with Gasteiger partial charge in [0.2, 0.25) is 5.91 Å². The summed E-state index contributed by atoms with van der Waals surface area (Å²) < 4.78 is 22.1. The molecule has 7 N–H and O–H groups in total. The zero-order valence-electron chi connectivity index (χ0n) is 18.9. The third-order valence-electron chi connectivity index (χ3n) is 5.79. The molecule has 2 saturated heterocycles. The summed E-state index contributed by atoms with van der Waals surface area (Å²) in [5.74, 6) is -0.389. The van der Waals surface area contributed by atoms with E-state index >= 15 is 0 Å². The molecule has 0 aliphatic carbocycles. The Morgan fingerprint density at radius 2 is 1.61 bits per heavy atom. The lowest BCUT2D eigenvalue weighted by Gasteiger charge is -2.43. The molecule has 0 radical (unpaired) electrons. The van der Waals surface area contributed by atoms with Gasteiger partial charge in [0, 0.05) is 13.3 Å². The summed E-state index contributed by atoms with van der Waals surface area (Å²) in [4.78, 5) is 23.3. The van der Waals surface area contributed by atoms with Gasteiger partial charge in [0.15, 0.2) is 18.9 Å². The van der Waals surface area contributed by atoms with E-state index in [9.17, 15) is 40.2 Å². The second kappa shape index (κ2) is 11.9. The fraction of sp³-hybridized carbons (Fsp3) is 0.900. The number of ether oxygens (including phenoxy) is 4. The van der Waals surface area contributed by atoms with Crippen LogP contribution >= 0.6 is 0 Å². The van der Waals surface area contributed by atoms with Crippen molar-refractivity contribution in [2.24, 2.45) is 0 Å². The number of amides is 1. The van der Waals surface area contributed by atoms with Crippen molar-refractivity contribution in [3.8, 4) is 0 Å². The minimum Gasteiger partial charge on any atom is -0.391 e. The molecule has 13 heteroatoms. The fourth-order valence-corrected chi connectivity index (χ4v) is 3.81. The summed E-state index contributed by atoms with van der Waals surface area (Å²) in [5.41, 5.74) is 0. The summed E-state index contributed by atoms with van der Waals surface area (Å²) >= 11 is 0. The molecule has 0 spiro atoms. The van der Waals surface area contributed by atoms with Gasteiger partial charge in [0.05, 0.1) is 24.4 Å². The molecule has 33 heavy (non-hydrogen) atoms. The van der Waals surface area contributed by atoms with Crippen molar-refractivity contribution in [3.05, 3.63) is 0 Å². The third-order valence-corrected chi connectivity index (χ3v) is 5.79. The first-order valence-corrected chi connectivity index (χ1v) is 10.8. The summed E-state index contributed by atoms with van der Waals surface area (Å²) in [7, 11) is 0. The van der Waals surface area contributed by atoms with E-state index in [1.807, 2.05) is 0 Å². The van der Waals surface area contributed by atoms with Gasteiger partial charge < -0.3 is 59.7 Å². The van der Waals surface area contributed by atoms with Crippen LogP contribution in [0.4, 0.5) is 0 Å². The predicted molar refractivity (Wildman–Crippen MR) is 108 cm³/mol. The monoisotopic (exact) mass is 481 g/mol. The molecule has 13 atom stereocenters. The predicted octanol–water partition coefficient (Wildman–Crippen LogP) is -3.47. The van der Waals surface area contributed by atoms with Gasteiger partial charge in [-0.3, -0.25) is 4.79 Å². The third kappa shape index (κ3) is 6.88. The molecule has 0 aromatic rings. The maximum atomic E-state index is 11.9. The number of hydrogen-bond acceptors (Lipinski definition) is 12. The molecule has 13 nitrogen and oxygen atoms in total. The molecule has 2 fully saturated rings. The molecule has 2 rings (SSSR count). The van der Waals surface area contributed by atoms with E-state index in [1.165, 1.54) is 20.8 Å². The van der Waals surface area contributed by atoms with Crippen LogP contribution < -0.4 is 5.32 Å². The quantitative estimate of drug-likeness (QED) is 0.160. The van der Waals surface area contributed by atoms with Crippen molar-refractivity contribution in [2.75, 3.05) is 0 Å². The first-order chi connectivity index (χ1) is 15.4. The standard InChI is InChI=1S/C20H35NO12/c1-7(23)14(25)19(33-13-5-11(21-10(4)24)15(26)8(2)30-13)12(6-22)32-20-18(29)17(28)16(27)9(3)31-20/h6-9,11-20,23,25-29H,5H2,1-4H3,(H,21,24)/t7-,8-,9-,11+,12+,13+,14-,15-,16-,17+,18-,19-,20+/m1/s1. The molecule has 2 aliphatic rings. The van der Waals surface area contributed by atoms with E-state index in [-0.39, 0.29) is 18.6 Å². The Morgan fingerprint density at radius 1 is 1.00 bits per heavy atom. The van der Waals surface area contributed by atoms with Crippen LogP contribution in [0, 0.1) is 0 Å². The number of carbonyl (C=O) groups is 2. The molecule has 0 unspecified atom stereocenters. The summed E-state index contributed by atoms with van der Waals surface area (Å²) in [6, 6.07) is -0.739. The van der Waals surface area contributed by atoms with Crippen molar-refractivity contribution in [2.45, 2.75) is 114 Å². The summed E-state index contributed by atoms with van der Waals surface area (Å²) in [6.45, 7) is 5.50. The van der Waals surface area contributed by atoms with Gasteiger partial charge in [-0.2, -0.15) is 0 Å². The highest BCUT2D eigenvalue weighted by Crippen LogP contribution is 2.27. The summed E-state index contributed by atoms with van der Waals surface area (Å²) in [6.07, 6.45) is -16.1. The molecule has 2 aliphatic heterocycles. The molecule has 0 saturated carbocycles. The normalized spacial score (nSPS) is 41.0. The Labute approximate surface area is 191 Å². The molecular formula is C20H35NO12. The van der Waals surface area contributed by atoms with Crippen molar-refractivity contribution < 1.29 is 59.2 Å². The maximum Gasteiger partial charge on any atom is 0.217 e. The van der Waals surface area contributed by atoms with Gasteiger partial charge in [-0.25, -0.2) is 0 Å². The number of rotatable bonds is 9. The molecule has 0 bridgehead atoms. The van der Waals surface area contributed by atoms with E-state index in [0.717, 1.165) is 0 Å². The van der Waals surface area contributed by atoms with Gasteiger partial charge in [0.1, 0.15) is 42.7 Å². The Kier molecular flexibility index (Phi) is 10.1. The van der Waals surface area contributed by atoms with Crippen LogP contribution in [0.3, 0.4) is 0 Å². The average Bonchev–Trinajstić information content (AvgIpc) is 2.74. The minimum absolute atomic E-state index is 0.0375. The van der Waals surface area contributed by atoms with Crippen LogP contribution in [0.2, 0.25) is 0 Å². The number of aliphatic hydroxyl groups is 6. The number of nitrogens with one attached hydrogen (secondary N) is 1. The molecular weight excluding hydrogens is 446 g/mol. The van der Waals surface area contributed by atoms with Crippen LogP contribution in [0.1, 0.15) is 34.1 Å². The van der Waals surface area contributed by atoms with E-state index in [4.69, 9.17) is 18.9 Å². The molecule has 1 amide bonds. The van der Waals surface area contributed by atoms with E-state index in [2.05, 4.69) is 5.32 Å². The highest BCUT2D eigenvalue weighted by molar-refractivity contribution is 5.73. The van der Waals surface area contributed by atoms with Gasteiger partial charge >= 0.3 is 0 Å². The number of aldehydes is 1. The first-order valence-electron chi connectivity index (χ1n) is 10.8. The van der Waals surface area contributed by atoms with Crippen molar-refractivity contribution in [3.63, 3.8) is 0 Å². The lowest BCUT2D eigenvalue weighted by molar-refractivity contribution is -0.321. The lowest BCUT2D eigenvalue weighted by atomic mass is 9.98. The Morgan fingerprint density at radius 3 is 2.15 bits per heavy atom. The Balaban J connectivity index is 2.20. The maximum absolute atomic E-state index is 11.9. The van der Waals surface area contributed by atoms with Gasteiger partial charge in [-0.1, -0.05) is 0 Å². The second-order valence-corrected chi connectivity index (χ2v) is 8.55. The van der Waals surface area contributed by atoms with Crippen LogP contribution in [-0.2, 0) is 28.5 Å².